The molecule has 0 spiro atoms. The minimum absolute atomic E-state index is 0.748. The largest absolute Gasteiger partial charge is 0.457 e. The summed E-state index contributed by atoms with van der Waals surface area (Å²) < 4.78 is 10.5. The number of para-hydroxylation sites is 1. The number of aromatic nitrogens is 4. The Kier molecular flexibility index (Phi) is 5.71. The zero-order valence-corrected chi connectivity index (χ0v) is 22.7. The van der Waals surface area contributed by atoms with Crippen LogP contribution in [0.5, 0.6) is 11.5 Å². The third-order valence-corrected chi connectivity index (χ3v) is 7.45. The van der Waals surface area contributed by atoms with E-state index >= 15 is 0 Å². The smallest absolute Gasteiger partial charge is 0.137 e. The first kappa shape index (κ1) is 23.9. The van der Waals surface area contributed by atoms with Crippen molar-refractivity contribution in [1.82, 2.24) is 19.3 Å². The van der Waals surface area contributed by atoms with Gasteiger partial charge in [-0.15, -0.1) is 0 Å². The van der Waals surface area contributed by atoms with Crippen LogP contribution in [0.25, 0.3) is 44.4 Å². The summed E-state index contributed by atoms with van der Waals surface area (Å²) in [4.78, 5) is 4.69. The van der Waals surface area contributed by atoms with Crippen molar-refractivity contribution in [2.45, 2.75) is 20.8 Å². The Labute approximate surface area is 232 Å². The molecule has 0 fully saturated rings. The van der Waals surface area contributed by atoms with Crippen LogP contribution in [-0.2, 0) is 0 Å². The van der Waals surface area contributed by atoms with Gasteiger partial charge in [0.2, 0.25) is 0 Å². The molecule has 0 radical (unpaired) electrons. The van der Waals surface area contributed by atoms with Gasteiger partial charge in [0.1, 0.15) is 17.3 Å². The number of rotatable bonds is 5. The molecule has 0 aliphatic heterocycles. The molecule has 5 heteroatoms. The van der Waals surface area contributed by atoms with Crippen LogP contribution in [0.4, 0.5) is 0 Å². The number of pyridine rings is 1. The third kappa shape index (κ3) is 4.12. The zero-order chi connectivity index (χ0) is 27.2. The lowest BCUT2D eigenvalue weighted by molar-refractivity contribution is 0.483. The number of hydrogen-bond acceptors (Lipinski definition) is 3. The number of aryl methyl sites for hydroxylation is 3. The molecule has 3 heterocycles. The van der Waals surface area contributed by atoms with E-state index in [-0.39, 0.29) is 0 Å². The summed E-state index contributed by atoms with van der Waals surface area (Å²) in [6.07, 6.45) is 5.86. The van der Waals surface area contributed by atoms with Crippen LogP contribution in [0.15, 0.2) is 116 Å². The van der Waals surface area contributed by atoms with Gasteiger partial charge in [-0.05, 0) is 85.5 Å². The molecule has 4 aromatic carbocycles. The summed E-state index contributed by atoms with van der Waals surface area (Å²) >= 11 is 0. The Morgan fingerprint density at radius 3 is 2.30 bits per heavy atom. The molecule has 0 N–H and O–H groups in total. The summed E-state index contributed by atoms with van der Waals surface area (Å²) in [6.45, 7) is 6.37. The number of nitrogens with zero attached hydrogens (tertiary/aromatic N) is 4. The molecular weight excluding hydrogens is 492 g/mol. The van der Waals surface area contributed by atoms with E-state index in [1.54, 1.807) is 0 Å². The molecule has 194 valence electrons. The summed E-state index contributed by atoms with van der Waals surface area (Å²) in [6, 6.07) is 33.2. The lowest BCUT2D eigenvalue weighted by Crippen LogP contribution is -1.97. The highest BCUT2D eigenvalue weighted by Crippen LogP contribution is 2.35. The highest BCUT2D eigenvalue weighted by Gasteiger charge is 2.15. The van der Waals surface area contributed by atoms with E-state index in [1.807, 2.05) is 53.5 Å². The van der Waals surface area contributed by atoms with Gasteiger partial charge in [0.15, 0.2) is 0 Å². The summed E-state index contributed by atoms with van der Waals surface area (Å²) in [5.74, 6) is 2.40. The normalized spacial score (nSPS) is 11.4. The highest BCUT2D eigenvalue weighted by atomic mass is 16.5. The van der Waals surface area contributed by atoms with Crippen LogP contribution in [0.1, 0.15) is 16.7 Å². The van der Waals surface area contributed by atoms with Crippen molar-refractivity contribution >= 4 is 21.8 Å². The second kappa shape index (κ2) is 9.54. The minimum atomic E-state index is 0.748. The number of fused-ring (bicyclic) bond motifs is 3. The maximum Gasteiger partial charge on any atom is 0.137 e. The number of hydrogen-bond donors (Lipinski definition) is 0. The van der Waals surface area contributed by atoms with Gasteiger partial charge < -0.3 is 4.74 Å². The first-order valence-corrected chi connectivity index (χ1v) is 13.4. The Balaban J connectivity index is 1.26. The SMILES string of the molecule is Cc1ccnc(-n2c3ccccc3c3ccc(Oc4cccc(-n5cc(-c6c(C)cccc6C)cn5)c4)cc32)c1. The van der Waals surface area contributed by atoms with E-state index in [2.05, 4.69) is 102 Å². The lowest BCUT2D eigenvalue weighted by atomic mass is 9.98. The van der Waals surface area contributed by atoms with Gasteiger partial charge >= 0.3 is 0 Å². The van der Waals surface area contributed by atoms with E-state index in [1.165, 1.54) is 27.6 Å². The van der Waals surface area contributed by atoms with Crippen molar-refractivity contribution in [2.75, 3.05) is 0 Å². The Hall–Kier alpha value is -5.16. The van der Waals surface area contributed by atoms with Crippen molar-refractivity contribution in [1.29, 1.82) is 0 Å². The van der Waals surface area contributed by atoms with Crippen LogP contribution in [0.2, 0.25) is 0 Å². The lowest BCUT2D eigenvalue weighted by Gasteiger charge is -2.10. The average molecular weight is 521 g/mol. The molecule has 0 aliphatic rings. The second-order valence-corrected chi connectivity index (χ2v) is 10.3. The van der Waals surface area contributed by atoms with Gasteiger partial charge in [0, 0.05) is 40.9 Å². The number of ether oxygens (including phenoxy) is 1. The van der Waals surface area contributed by atoms with Crippen molar-refractivity contribution in [3.8, 4) is 34.1 Å². The van der Waals surface area contributed by atoms with Crippen LogP contribution in [0, 0.1) is 20.8 Å². The zero-order valence-electron chi connectivity index (χ0n) is 22.7. The van der Waals surface area contributed by atoms with Gasteiger partial charge in [-0.25, -0.2) is 9.67 Å². The predicted octanol–water partition coefficient (Wildman–Crippen LogP) is 8.75. The molecular formula is C35H28N4O. The maximum absolute atomic E-state index is 6.41. The van der Waals surface area contributed by atoms with Crippen molar-refractivity contribution in [2.24, 2.45) is 0 Å². The first-order chi connectivity index (χ1) is 19.5. The fourth-order valence-electron chi connectivity index (χ4n) is 5.59. The highest BCUT2D eigenvalue weighted by molar-refractivity contribution is 6.09. The Morgan fingerprint density at radius 1 is 0.675 bits per heavy atom. The molecule has 0 atom stereocenters. The molecule has 7 aromatic rings. The summed E-state index contributed by atoms with van der Waals surface area (Å²) in [5, 5.41) is 7.01. The second-order valence-electron chi connectivity index (χ2n) is 10.3. The number of benzene rings is 4. The van der Waals surface area contributed by atoms with Crippen molar-refractivity contribution in [3.05, 3.63) is 132 Å². The molecule has 3 aromatic heterocycles. The quantitative estimate of drug-likeness (QED) is 0.228. The third-order valence-electron chi connectivity index (χ3n) is 7.45. The standard InChI is InChI=1S/C35H28N4O/c1-23-16-17-36-34(18-23)39-32-13-5-4-12-30(32)31-15-14-29(20-33(31)39)40-28-11-7-10-27(19-28)38-22-26(21-37-38)35-24(2)8-6-9-25(35)3/h4-22H,1-3H3. The van der Waals surface area contributed by atoms with E-state index in [0.717, 1.165) is 45.0 Å². The molecule has 0 bridgehead atoms. The fraction of sp³-hybridized carbons (Fsp3) is 0.0857. The minimum Gasteiger partial charge on any atom is -0.457 e. The van der Waals surface area contributed by atoms with E-state index < -0.39 is 0 Å². The fourth-order valence-corrected chi connectivity index (χ4v) is 5.59. The molecule has 0 aliphatic carbocycles. The van der Waals surface area contributed by atoms with Crippen molar-refractivity contribution in [3.63, 3.8) is 0 Å². The summed E-state index contributed by atoms with van der Waals surface area (Å²) in [5.41, 5.74) is 9.09. The molecule has 7 rings (SSSR count). The molecule has 0 amide bonds. The van der Waals surface area contributed by atoms with Crippen LogP contribution < -0.4 is 4.74 Å². The van der Waals surface area contributed by atoms with Crippen LogP contribution in [-0.4, -0.2) is 19.3 Å². The summed E-state index contributed by atoms with van der Waals surface area (Å²) in [7, 11) is 0. The van der Waals surface area contributed by atoms with E-state index in [4.69, 9.17) is 4.74 Å². The predicted molar refractivity (Wildman–Crippen MR) is 162 cm³/mol. The van der Waals surface area contributed by atoms with Gasteiger partial charge in [-0.2, -0.15) is 5.10 Å². The molecule has 5 nitrogen and oxygen atoms in total. The maximum atomic E-state index is 6.41. The molecule has 0 saturated heterocycles. The molecule has 0 saturated carbocycles. The monoisotopic (exact) mass is 520 g/mol. The van der Waals surface area contributed by atoms with Gasteiger partial charge in [0.05, 0.1) is 22.9 Å². The van der Waals surface area contributed by atoms with Crippen molar-refractivity contribution < 1.29 is 4.74 Å². The van der Waals surface area contributed by atoms with E-state index in [9.17, 15) is 0 Å². The van der Waals surface area contributed by atoms with Gasteiger partial charge in [0.25, 0.3) is 0 Å². The van der Waals surface area contributed by atoms with E-state index in [0.29, 0.717) is 0 Å². The first-order valence-electron chi connectivity index (χ1n) is 13.4. The average Bonchev–Trinajstić information content (AvgIpc) is 3.56. The van der Waals surface area contributed by atoms with Crippen LogP contribution in [0.3, 0.4) is 0 Å². The topological polar surface area (TPSA) is 44.9 Å². The van der Waals surface area contributed by atoms with Gasteiger partial charge in [-0.3, -0.25) is 4.57 Å². The Morgan fingerprint density at radius 2 is 1.45 bits per heavy atom. The Bertz CT molecular complexity index is 2010. The molecule has 40 heavy (non-hydrogen) atoms. The van der Waals surface area contributed by atoms with Crippen LogP contribution >= 0.6 is 0 Å². The van der Waals surface area contributed by atoms with Gasteiger partial charge in [-0.1, -0.05) is 42.5 Å². The molecule has 0 unspecified atom stereocenters.